The van der Waals surface area contributed by atoms with Crippen LogP contribution in [-0.4, -0.2) is 74.2 Å². The van der Waals surface area contributed by atoms with Crippen molar-refractivity contribution in [3.05, 3.63) is 74.3 Å². The van der Waals surface area contributed by atoms with Crippen LogP contribution in [0.2, 0.25) is 10.0 Å². The van der Waals surface area contributed by atoms with E-state index in [1.165, 1.54) is 15.8 Å². The molecule has 0 bridgehead atoms. The van der Waals surface area contributed by atoms with E-state index in [0.29, 0.717) is 53.4 Å². The second-order valence-electron chi connectivity index (χ2n) is 9.25. The smallest absolute Gasteiger partial charge is 0.261 e. The minimum atomic E-state index is -1.40. The van der Waals surface area contributed by atoms with Gasteiger partial charge in [-0.05, 0) is 54.2 Å². The van der Waals surface area contributed by atoms with Gasteiger partial charge in [-0.25, -0.2) is 4.98 Å². The number of halogens is 2. The molecule has 0 spiro atoms. The number of benzene rings is 2. The van der Waals surface area contributed by atoms with E-state index in [1.807, 2.05) is 12.1 Å². The number of carbonyl (C=O) groups excluding carboxylic acids is 2. The third kappa shape index (κ3) is 6.13. The lowest BCUT2D eigenvalue weighted by atomic mass is 9.88. The molecule has 1 unspecified atom stereocenters. The summed E-state index contributed by atoms with van der Waals surface area (Å²) in [5.41, 5.74) is 2.02. The second kappa shape index (κ2) is 11.6. The van der Waals surface area contributed by atoms with Gasteiger partial charge in [0.1, 0.15) is 6.54 Å². The van der Waals surface area contributed by atoms with E-state index in [0.717, 1.165) is 11.1 Å². The van der Waals surface area contributed by atoms with E-state index in [1.54, 1.807) is 36.2 Å². The van der Waals surface area contributed by atoms with Crippen molar-refractivity contribution in [1.29, 1.82) is 0 Å². The quantitative estimate of drug-likeness (QED) is 0.470. The van der Waals surface area contributed by atoms with Crippen LogP contribution in [0.25, 0.3) is 10.9 Å². The second-order valence-corrected chi connectivity index (χ2v) is 10.1. The third-order valence-corrected chi connectivity index (χ3v) is 7.46. The van der Waals surface area contributed by atoms with Gasteiger partial charge in [0.25, 0.3) is 11.5 Å². The molecule has 2 amide bonds. The van der Waals surface area contributed by atoms with E-state index in [2.05, 4.69) is 4.98 Å². The fourth-order valence-electron chi connectivity index (χ4n) is 4.53. The maximum atomic E-state index is 13.2. The number of hydrogen-bond acceptors (Lipinski definition) is 6. The molecule has 3 aromatic rings. The summed E-state index contributed by atoms with van der Waals surface area (Å²) in [5, 5.41) is 19.9. The molecule has 1 saturated heterocycles. The van der Waals surface area contributed by atoms with Crippen molar-refractivity contribution in [3.63, 3.8) is 0 Å². The highest BCUT2D eigenvalue weighted by Crippen LogP contribution is 2.29. The summed E-state index contributed by atoms with van der Waals surface area (Å²) in [6.07, 6.45) is 1.32. The number of likely N-dealkylation sites (N-methyl/N-ethyl adjacent to an activating group) is 1. The molecule has 9 nitrogen and oxygen atoms in total. The minimum Gasteiger partial charge on any atom is -0.393 e. The van der Waals surface area contributed by atoms with E-state index in [9.17, 15) is 19.5 Å². The van der Waals surface area contributed by atoms with Crippen LogP contribution < -0.4 is 5.56 Å². The average molecular weight is 547 g/mol. The van der Waals surface area contributed by atoms with Gasteiger partial charge in [0.05, 0.1) is 33.9 Å². The first-order valence-electron chi connectivity index (χ1n) is 11.9. The highest BCUT2D eigenvalue weighted by atomic mass is 35.5. The first kappa shape index (κ1) is 27.1. The molecule has 2 N–H and O–H groups in total. The molecule has 1 aliphatic heterocycles. The van der Waals surface area contributed by atoms with Crippen molar-refractivity contribution in [2.24, 2.45) is 0 Å². The van der Waals surface area contributed by atoms with Crippen molar-refractivity contribution < 1.29 is 19.8 Å². The average Bonchev–Trinajstić information content (AvgIpc) is 2.91. The standard InChI is InChI=1S/C26H28Cl2N4O5/c1-30(12-16-2-4-20(27)21(28)10-16)24(35)13-32-15-29-22-5-3-18(11-19(22)25(32)36)17-6-8-31(9-7-17)26(37)23(34)14-33/h2-5,10-11,15,17,23,33-34H,6-9,12-14H2,1H3. The Bertz CT molecular complexity index is 1370. The van der Waals surface area contributed by atoms with Gasteiger partial charge in [0, 0.05) is 26.7 Å². The van der Waals surface area contributed by atoms with E-state index < -0.39 is 18.6 Å². The van der Waals surface area contributed by atoms with Gasteiger partial charge in [-0.2, -0.15) is 0 Å². The maximum Gasteiger partial charge on any atom is 0.261 e. The largest absolute Gasteiger partial charge is 0.393 e. The van der Waals surface area contributed by atoms with Crippen LogP contribution in [-0.2, 0) is 22.7 Å². The minimum absolute atomic E-state index is 0.131. The first-order chi connectivity index (χ1) is 17.7. The molecule has 0 radical (unpaired) electrons. The van der Waals surface area contributed by atoms with Crippen LogP contribution in [0.3, 0.4) is 0 Å². The molecule has 1 atom stereocenters. The molecule has 0 aliphatic carbocycles. The Kier molecular flexibility index (Phi) is 8.49. The summed E-state index contributed by atoms with van der Waals surface area (Å²) < 4.78 is 1.30. The van der Waals surface area contributed by atoms with Crippen molar-refractivity contribution in [3.8, 4) is 0 Å². The predicted molar refractivity (Wildman–Crippen MR) is 141 cm³/mol. The Morgan fingerprint density at radius 3 is 2.54 bits per heavy atom. The van der Waals surface area contributed by atoms with E-state index >= 15 is 0 Å². The summed E-state index contributed by atoms with van der Waals surface area (Å²) >= 11 is 12.0. The molecule has 196 valence electrons. The Morgan fingerprint density at radius 1 is 1.14 bits per heavy atom. The topological polar surface area (TPSA) is 116 Å². The van der Waals surface area contributed by atoms with Crippen molar-refractivity contribution in [2.75, 3.05) is 26.7 Å². The lowest BCUT2D eigenvalue weighted by Gasteiger charge is -2.33. The van der Waals surface area contributed by atoms with Gasteiger partial charge >= 0.3 is 0 Å². The van der Waals surface area contributed by atoms with Gasteiger partial charge in [-0.15, -0.1) is 0 Å². The number of aliphatic hydroxyl groups is 2. The van der Waals surface area contributed by atoms with Crippen LogP contribution in [0.15, 0.2) is 47.5 Å². The Hall–Kier alpha value is -2.98. The highest BCUT2D eigenvalue weighted by Gasteiger charge is 2.27. The fraction of sp³-hybridized carbons (Fsp3) is 0.385. The van der Waals surface area contributed by atoms with E-state index in [-0.39, 0.29) is 23.9 Å². The van der Waals surface area contributed by atoms with Gasteiger partial charge in [0.15, 0.2) is 6.10 Å². The zero-order valence-corrected chi connectivity index (χ0v) is 21.8. The Morgan fingerprint density at radius 2 is 1.86 bits per heavy atom. The molecule has 1 aromatic heterocycles. The number of likely N-dealkylation sites (tertiary alicyclic amines) is 1. The number of hydrogen-bond donors (Lipinski definition) is 2. The monoisotopic (exact) mass is 546 g/mol. The number of aliphatic hydroxyl groups excluding tert-OH is 2. The lowest BCUT2D eigenvalue weighted by Crippen LogP contribution is -2.44. The number of piperidine rings is 1. The number of amides is 2. The SMILES string of the molecule is CN(Cc1ccc(Cl)c(Cl)c1)C(=O)Cn1cnc2ccc(C3CCN(C(=O)C(O)CO)CC3)cc2c1=O. The molecular formula is C26H28Cl2N4O5. The van der Waals surface area contributed by atoms with Crippen LogP contribution >= 0.6 is 23.2 Å². The molecule has 1 aliphatic rings. The van der Waals surface area contributed by atoms with Gasteiger partial charge < -0.3 is 20.0 Å². The van der Waals surface area contributed by atoms with Crippen molar-refractivity contribution in [1.82, 2.24) is 19.4 Å². The van der Waals surface area contributed by atoms with Gasteiger partial charge in [-0.3, -0.25) is 19.0 Å². The third-order valence-electron chi connectivity index (χ3n) is 6.72. The lowest BCUT2D eigenvalue weighted by molar-refractivity contribution is -0.143. The van der Waals surface area contributed by atoms with Crippen molar-refractivity contribution in [2.45, 2.75) is 38.0 Å². The summed E-state index contributed by atoms with van der Waals surface area (Å²) in [6.45, 7) is 0.464. The summed E-state index contributed by atoms with van der Waals surface area (Å²) in [6, 6.07) is 10.7. The van der Waals surface area contributed by atoms with E-state index in [4.69, 9.17) is 28.3 Å². The number of nitrogens with zero attached hydrogens (tertiary/aromatic N) is 4. The van der Waals surface area contributed by atoms with Crippen LogP contribution in [0.1, 0.15) is 29.9 Å². The predicted octanol–water partition coefficient (Wildman–Crippen LogP) is 2.42. The molecule has 37 heavy (non-hydrogen) atoms. The fourth-order valence-corrected chi connectivity index (χ4v) is 4.85. The summed E-state index contributed by atoms with van der Waals surface area (Å²) in [5.74, 6) is -0.598. The molecule has 0 saturated carbocycles. The number of aromatic nitrogens is 2. The number of rotatable bonds is 7. The molecule has 1 fully saturated rings. The normalized spacial score (nSPS) is 15.1. The first-order valence-corrected chi connectivity index (χ1v) is 12.7. The van der Waals surface area contributed by atoms with Gasteiger partial charge in [0.2, 0.25) is 5.91 Å². The van der Waals surface area contributed by atoms with Crippen LogP contribution in [0.5, 0.6) is 0 Å². The molecule has 4 rings (SSSR count). The van der Waals surface area contributed by atoms with Crippen LogP contribution in [0, 0.1) is 0 Å². The number of carbonyl (C=O) groups is 2. The number of fused-ring (bicyclic) bond motifs is 1. The Balaban J connectivity index is 1.46. The molecule has 2 aromatic carbocycles. The zero-order valence-electron chi connectivity index (χ0n) is 20.3. The highest BCUT2D eigenvalue weighted by molar-refractivity contribution is 6.42. The van der Waals surface area contributed by atoms with Crippen LogP contribution in [0.4, 0.5) is 0 Å². The maximum absolute atomic E-state index is 13.2. The molecule has 11 heteroatoms. The zero-order chi connectivity index (χ0) is 26.7. The molecule has 2 heterocycles. The van der Waals surface area contributed by atoms with Crippen molar-refractivity contribution >= 4 is 45.9 Å². The van der Waals surface area contributed by atoms with Gasteiger partial charge in [-0.1, -0.05) is 35.3 Å². The summed E-state index contributed by atoms with van der Waals surface area (Å²) in [7, 11) is 1.65. The summed E-state index contributed by atoms with van der Waals surface area (Å²) in [4.78, 5) is 45.6. The molecular weight excluding hydrogens is 519 g/mol. The Labute approximate surface area is 223 Å².